The molecule has 0 aliphatic rings. The van der Waals surface area contributed by atoms with E-state index in [0.717, 1.165) is 5.56 Å². The molecule has 0 atom stereocenters. The van der Waals surface area contributed by atoms with E-state index in [4.69, 9.17) is 11.0 Å². The number of nitrogens with two attached hydrogens (primary N) is 1. The largest absolute Gasteiger partial charge is 0.369 e. The van der Waals surface area contributed by atoms with Crippen molar-refractivity contribution in [2.45, 2.75) is 20.4 Å². The van der Waals surface area contributed by atoms with Gasteiger partial charge in [-0.1, -0.05) is 0 Å². The summed E-state index contributed by atoms with van der Waals surface area (Å²) in [6.07, 6.45) is 1.89. The summed E-state index contributed by atoms with van der Waals surface area (Å²) in [5, 5.41) is 12.0. The van der Waals surface area contributed by atoms with Gasteiger partial charge in [0.1, 0.15) is 11.8 Å². The van der Waals surface area contributed by atoms with E-state index in [1.54, 1.807) is 18.4 Å². The molecule has 5 heteroatoms. The molecule has 0 spiro atoms. The van der Waals surface area contributed by atoms with Crippen LogP contribution in [0, 0.1) is 16.7 Å². The summed E-state index contributed by atoms with van der Waals surface area (Å²) in [5.74, 6) is -0.323. The quantitative estimate of drug-likeness (QED) is 0.778. The first-order valence-electron chi connectivity index (χ1n) is 5.43. The average molecular weight is 234 g/mol. The molecule has 0 radical (unpaired) electrons. The van der Waals surface area contributed by atoms with Gasteiger partial charge < -0.3 is 15.6 Å². The van der Waals surface area contributed by atoms with Crippen molar-refractivity contribution in [3.8, 4) is 6.07 Å². The van der Waals surface area contributed by atoms with Crippen LogP contribution in [0.1, 0.15) is 25.1 Å². The topological polar surface area (TPSA) is 83.8 Å². The molecular formula is C12H18N4O. The number of aryl methyl sites for hydroxylation is 1. The molecular weight excluding hydrogens is 216 g/mol. The Hall–Kier alpha value is -1.80. The van der Waals surface area contributed by atoms with Gasteiger partial charge in [-0.3, -0.25) is 4.79 Å². The summed E-state index contributed by atoms with van der Waals surface area (Å²) in [6, 6.07) is 3.93. The number of nitrogens with one attached hydrogen (secondary N) is 1. The Morgan fingerprint density at radius 2 is 2.29 bits per heavy atom. The fourth-order valence-corrected chi connectivity index (χ4v) is 1.45. The Morgan fingerprint density at radius 3 is 2.76 bits per heavy atom. The van der Waals surface area contributed by atoms with Crippen LogP contribution >= 0.6 is 0 Å². The first-order chi connectivity index (χ1) is 7.86. The molecule has 17 heavy (non-hydrogen) atoms. The van der Waals surface area contributed by atoms with Gasteiger partial charge in [-0.15, -0.1) is 0 Å². The molecule has 0 aliphatic heterocycles. The van der Waals surface area contributed by atoms with Gasteiger partial charge in [-0.25, -0.2) is 0 Å². The van der Waals surface area contributed by atoms with E-state index >= 15 is 0 Å². The minimum Gasteiger partial charge on any atom is -0.369 e. The van der Waals surface area contributed by atoms with E-state index in [1.807, 2.05) is 19.3 Å². The zero-order chi connectivity index (χ0) is 13.1. The highest BCUT2D eigenvalue weighted by Crippen LogP contribution is 2.12. The average Bonchev–Trinajstić information content (AvgIpc) is 2.58. The highest BCUT2D eigenvalue weighted by Gasteiger charge is 2.24. The van der Waals surface area contributed by atoms with E-state index in [1.165, 1.54) is 0 Å². The summed E-state index contributed by atoms with van der Waals surface area (Å²) in [5.41, 5.74) is 6.35. The fraction of sp³-hybridized carbons (Fsp3) is 0.500. The van der Waals surface area contributed by atoms with E-state index in [9.17, 15) is 4.79 Å². The summed E-state index contributed by atoms with van der Waals surface area (Å²) in [4.78, 5) is 11.1. The molecule has 3 N–H and O–H groups in total. The molecule has 0 saturated carbocycles. The molecule has 0 fully saturated rings. The number of primary amides is 1. The molecule has 1 aromatic rings. The molecule has 5 nitrogen and oxygen atoms in total. The number of nitriles is 1. The SMILES string of the molecule is Cn1cc(CNCC(C)(C)C(N)=O)cc1C#N. The molecule has 0 bridgehead atoms. The first-order valence-corrected chi connectivity index (χ1v) is 5.43. The Balaban J connectivity index is 2.52. The number of hydrogen-bond donors (Lipinski definition) is 2. The zero-order valence-electron chi connectivity index (χ0n) is 10.4. The number of carbonyl (C=O) groups excluding carboxylic acids is 1. The van der Waals surface area contributed by atoms with E-state index in [2.05, 4.69) is 11.4 Å². The summed E-state index contributed by atoms with van der Waals surface area (Å²) in [6.45, 7) is 4.73. The molecule has 1 aromatic heterocycles. The van der Waals surface area contributed by atoms with Crippen molar-refractivity contribution in [3.05, 3.63) is 23.5 Å². The van der Waals surface area contributed by atoms with Crippen LogP contribution in [0.15, 0.2) is 12.3 Å². The predicted octanol–water partition coefficient (Wildman–Crippen LogP) is 0.498. The van der Waals surface area contributed by atoms with Crippen LogP contribution < -0.4 is 11.1 Å². The minimum atomic E-state index is -0.563. The number of rotatable bonds is 5. The van der Waals surface area contributed by atoms with Crippen molar-refractivity contribution in [1.29, 1.82) is 5.26 Å². The van der Waals surface area contributed by atoms with Gasteiger partial charge in [-0.2, -0.15) is 5.26 Å². The van der Waals surface area contributed by atoms with Gasteiger partial charge in [0.05, 0.1) is 5.41 Å². The highest BCUT2D eigenvalue weighted by atomic mass is 16.1. The fourth-order valence-electron chi connectivity index (χ4n) is 1.45. The number of nitrogens with zero attached hydrogens (tertiary/aromatic N) is 2. The van der Waals surface area contributed by atoms with Gasteiger partial charge >= 0.3 is 0 Å². The second-order valence-corrected chi connectivity index (χ2v) is 4.81. The highest BCUT2D eigenvalue weighted by molar-refractivity contribution is 5.80. The van der Waals surface area contributed by atoms with Gasteiger partial charge in [0, 0.05) is 26.3 Å². The molecule has 0 aliphatic carbocycles. The first kappa shape index (κ1) is 13.3. The molecule has 1 amide bonds. The van der Waals surface area contributed by atoms with Gasteiger partial charge in [0.15, 0.2) is 0 Å². The van der Waals surface area contributed by atoms with Crippen molar-refractivity contribution < 1.29 is 4.79 Å². The third-order valence-corrected chi connectivity index (χ3v) is 2.74. The Labute approximate surface area is 101 Å². The molecule has 92 valence electrons. The maximum Gasteiger partial charge on any atom is 0.224 e. The third kappa shape index (κ3) is 3.33. The maximum absolute atomic E-state index is 11.1. The van der Waals surface area contributed by atoms with Crippen LogP contribution in [-0.2, 0) is 18.4 Å². The van der Waals surface area contributed by atoms with Crippen LogP contribution in [-0.4, -0.2) is 17.0 Å². The van der Waals surface area contributed by atoms with Crippen LogP contribution in [0.25, 0.3) is 0 Å². The molecule has 0 saturated heterocycles. The van der Waals surface area contributed by atoms with Crippen molar-refractivity contribution in [1.82, 2.24) is 9.88 Å². The van der Waals surface area contributed by atoms with Gasteiger partial charge in [0.25, 0.3) is 0 Å². The molecule has 1 rings (SSSR count). The van der Waals surface area contributed by atoms with Crippen LogP contribution in [0.3, 0.4) is 0 Å². The zero-order valence-corrected chi connectivity index (χ0v) is 10.4. The summed E-state index contributed by atoms with van der Waals surface area (Å²) in [7, 11) is 1.83. The minimum absolute atomic E-state index is 0.323. The Bertz CT molecular complexity index is 454. The van der Waals surface area contributed by atoms with Gasteiger partial charge in [0.2, 0.25) is 5.91 Å². The lowest BCUT2D eigenvalue weighted by Crippen LogP contribution is -2.40. The van der Waals surface area contributed by atoms with Crippen LogP contribution in [0.4, 0.5) is 0 Å². The monoisotopic (exact) mass is 234 g/mol. The van der Waals surface area contributed by atoms with Crippen LogP contribution in [0.2, 0.25) is 0 Å². The number of carbonyl (C=O) groups is 1. The number of amides is 1. The standard InChI is InChI=1S/C12H18N4O/c1-12(2,11(14)17)8-15-6-9-4-10(5-13)16(3)7-9/h4,7,15H,6,8H2,1-3H3,(H2,14,17). The molecule has 1 heterocycles. The smallest absolute Gasteiger partial charge is 0.224 e. The Kier molecular flexibility index (Phi) is 3.92. The van der Waals surface area contributed by atoms with E-state index in [0.29, 0.717) is 18.8 Å². The summed E-state index contributed by atoms with van der Waals surface area (Å²) < 4.78 is 1.77. The molecule has 0 unspecified atom stereocenters. The van der Waals surface area contributed by atoms with Crippen molar-refractivity contribution in [2.24, 2.45) is 18.2 Å². The summed E-state index contributed by atoms with van der Waals surface area (Å²) >= 11 is 0. The normalized spacial score (nSPS) is 11.2. The van der Waals surface area contributed by atoms with Gasteiger partial charge in [-0.05, 0) is 25.5 Å². The van der Waals surface area contributed by atoms with Crippen molar-refractivity contribution in [2.75, 3.05) is 6.54 Å². The lowest BCUT2D eigenvalue weighted by molar-refractivity contribution is -0.125. The third-order valence-electron chi connectivity index (χ3n) is 2.74. The van der Waals surface area contributed by atoms with Crippen molar-refractivity contribution >= 4 is 5.91 Å². The molecule has 0 aromatic carbocycles. The lowest BCUT2D eigenvalue weighted by atomic mass is 9.93. The van der Waals surface area contributed by atoms with Crippen LogP contribution in [0.5, 0.6) is 0 Å². The van der Waals surface area contributed by atoms with E-state index < -0.39 is 5.41 Å². The maximum atomic E-state index is 11.1. The lowest BCUT2D eigenvalue weighted by Gasteiger charge is -2.20. The van der Waals surface area contributed by atoms with E-state index in [-0.39, 0.29) is 5.91 Å². The number of aromatic nitrogens is 1. The second-order valence-electron chi connectivity index (χ2n) is 4.81. The Morgan fingerprint density at radius 1 is 1.65 bits per heavy atom. The van der Waals surface area contributed by atoms with Crippen molar-refractivity contribution in [3.63, 3.8) is 0 Å². The second kappa shape index (κ2) is 5.02. The number of hydrogen-bond acceptors (Lipinski definition) is 3. The predicted molar refractivity (Wildman–Crippen MR) is 64.8 cm³/mol.